The third kappa shape index (κ3) is 2.37. The number of rotatable bonds is 2. The van der Waals surface area contributed by atoms with Crippen LogP contribution in [0.25, 0.3) is 0 Å². The molecule has 0 radical (unpaired) electrons. The molecule has 0 spiro atoms. The molecule has 0 aromatic rings. The molecule has 3 nitrogen and oxygen atoms in total. The van der Waals surface area contributed by atoms with Crippen molar-refractivity contribution in [1.29, 1.82) is 0 Å². The SMILES string of the molecule is CC(O)(C=CBr)C1CC(O)C(C)(C)O1. The molecular weight excluding hydrogens is 248 g/mol. The topological polar surface area (TPSA) is 49.7 Å². The van der Waals surface area contributed by atoms with Crippen LogP contribution < -0.4 is 0 Å². The van der Waals surface area contributed by atoms with Gasteiger partial charge in [-0.05, 0) is 31.8 Å². The van der Waals surface area contributed by atoms with Gasteiger partial charge in [-0.3, -0.25) is 0 Å². The lowest BCUT2D eigenvalue weighted by Crippen LogP contribution is -2.38. The van der Waals surface area contributed by atoms with Crippen molar-refractivity contribution in [3.8, 4) is 0 Å². The van der Waals surface area contributed by atoms with E-state index >= 15 is 0 Å². The molecule has 1 saturated heterocycles. The van der Waals surface area contributed by atoms with Crippen molar-refractivity contribution in [2.24, 2.45) is 0 Å². The molecule has 0 aromatic carbocycles. The largest absolute Gasteiger partial charge is 0.390 e. The van der Waals surface area contributed by atoms with E-state index in [0.717, 1.165) is 0 Å². The van der Waals surface area contributed by atoms with E-state index in [4.69, 9.17) is 4.74 Å². The average Bonchev–Trinajstić information content (AvgIpc) is 2.27. The maximum absolute atomic E-state index is 10.0. The Balaban J connectivity index is 2.75. The first-order chi connectivity index (χ1) is 6.29. The molecule has 1 fully saturated rings. The summed E-state index contributed by atoms with van der Waals surface area (Å²) in [7, 11) is 0. The summed E-state index contributed by atoms with van der Waals surface area (Å²) in [5.41, 5.74) is -1.62. The molecule has 3 unspecified atom stereocenters. The van der Waals surface area contributed by atoms with Gasteiger partial charge < -0.3 is 14.9 Å². The van der Waals surface area contributed by atoms with Crippen LogP contribution >= 0.6 is 15.9 Å². The van der Waals surface area contributed by atoms with Gasteiger partial charge in [0.1, 0.15) is 5.60 Å². The Hall–Kier alpha value is 0.1000. The van der Waals surface area contributed by atoms with Gasteiger partial charge in [0, 0.05) is 6.42 Å². The van der Waals surface area contributed by atoms with E-state index in [1.807, 2.05) is 13.8 Å². The summed E-state index contributed by atoms with van der Waals surface area (Å²) in [6.45, 7) is 5.32. The summed E-state index contributed by atoms with van der Waals surface area (Å²) >= 11 is 3.12. The van der Waals surface area contributed by atoms with E-state index in [0.29, 0.717) is 6.42 Å². The molecule has 2 N–H and O–H groups in total. The number of aliphatic hydroxyl groups is 2. The standard InChI is InChI=1S/C10H17BrO3/c1-9(2)7(12)6-8(14-9)10(3,13)4-5-11/h4-5,7-8,12-13H,6H2,1-3H3. The first-order valence-corrected chi connectivity index (χ1v) is 5.57. The highest BCUT2D eigenvalue weighted by Gasteiger charge is 2.46. The van der Waals surface area contributed by atoms with Crippen LogP contribution in [-0.2, 0) is 4.74 Å². The molecule has 3 atom stereocenters. The van der Waals surface area contributed by atoms with E-state index < -0.39 is 17.3 Å². The van der Waals surface area contributed by atoms with Gasteiger partial charge in [-0.2, -0.15) is 0 Å². The van der Waals surface area contributed by atoms with E-state index in [-0.39, 0.29) is 6.10 Å². The Morgan fingerprint density at radius 1 is 1.57 bits per heavy atom. The lowest BCUT2D eigenvalue weighted by atomic mass is 9.94. The second-order valence-electron chi connectivity index (χ2n) is 4.48. The number of hydrogen-bond donors (Lipinski definition) is 2. The van der Waals surface area contributed by atoms with Crippen LogP contribution in [-0.4, -0.2) is 33.6 Å². The van der Waals surface area contributed by atoms with E-state index in [2.05, 4.69) is 15.9 Å². The van der Waals surface area contributed by atoms with Crippen LogP contribution in [0.15, 0.2) is 11.1 Å². The van der Waals surface area contributed by atoms with E-state index in [9.17, 15) is 10.2 Å². The quantitative estimate of drug-likeness (QED) is 0.796. The van der Waals surface area contributed by atoms with Gasteiger partial charge in [0.2, 0.25) is 0 Å². The Morgan fingerprint density at radius 2 is 2.14 bits per heavy atom. The van der Waals surface area contributed by atoms with Gasteiger partial charge in [-0.25, -0.2) is 0 Å². The van der Waals surface area contributed by atoms with Crippen molar-refractivity contribution in [3.63, 3.8) is 0 Å². The molecule has 4 heteroatoms. The van der Waals surface area contributed by atoms with Crippen molar-refractivity contribution in [2.75, 3.05) is 0 Å². The second-order valence-corrected chi connectivity index (χ2v) is 5.01. The molecular formula is C10H17BrO3. The molecule has 1 aliphatic rings. The summed E-state index contributed by atoms with van der Waals surface area (Å²) in [6, 6.07) is 0. The van der Waals surface area contributed by atoms with Crippen molar-refractivity contribution < 1.29 is 14.9 Å². The zero-order chi connectivity index (χ0) is 11.0. The molecule has 1 rings (SSSR count). The number of aliphatic hydroxyl groups excluding tert-OH is 1. The highest BCUT2D eigenvalue weighted by atomic mass is 79.9. The fourth-order valence-electron chi connectivity index (χ4n) is 1.57. The first-order valence-electron chi connectivity index (χ1n) is 4.66. The lowest BCUT2D eigenvalue weighted by Gasteiger charge is -2.28. The minimum atomic E-state index is -1.04. The Morgan fingerprint density at radius 3 is 2.50 bits per heavy atom. The Bertz CT molecular complexity index is 236. The summed E-state index contributed by atoms with van der Waals surface area (Å²) in [5.74, 6) is 0. The molecule has 0 saturated carbocycles. The molecule has 0 amide bonds. The van der Waals surface area contributed by atoms with E-state index in [1.165, 1.54) is 0 Å². The Kier molecular flexibility index (Phi) is 3.41. The van der Waals surface area contributed by atoms with Gasteiger partial charge in [0.15, 0.2) is 0 Å². The van der Waals surface area contributed by atoms with E-state index in [1.54, 1.807) is 18.0 Å². The molecule has 1 heterocycles. The molecule has 0 aromatic heterocycles. The summed E-state index contributed by atoms with van der Waals surface area (Å²) < 4.78 is 5.61. The number of halogens is 1. The third-order valence-electron chi connectivity index (χ3n) is 2.74. The van der Waals surface area contributed by atoms with Crippen LogP contribution in [0.1, 0.15) is 27.2 Å². The van der Waals surface area contributed by atoms with Gasteiger partial charge in [0.05, 0.1) is 17.8 Å². The normalized spacial score (nSPS) is 36.1. The molecule has 14 heavy (non-hydrogen) atoms. The summed E-state index contributed by atoms with van der Waals surface area (Å²) in [4.78, 5) is 1.61. The fraction of sp³-hybridized carbons (Fsp3) is 0.800. The zero-order valence-electron chi connectivity index (χ0n) is 8.70. The first kappa shape index (κ1) is 12.2. The maximum atomic E-state index is 10.0. The van der Waals surface area contributed by atoms with Gasteiger partial charge in [-0.15, -0.1) is 0 Å². The lowest BCUT2D eigenvalue weighted by molar-refractivity contribution is -0.109. The number of ether oxygens (including phenoxy) is 1. The van der Waals surface area contributed by atoms with Crippen molar-refractivity contribution in [1.82, 2.24) is 0 Å². The van der Waals surface area contributed by atoms with Gasteiger partial charge in [0.25, 0.3) is 0 Å². The van der Waals surface area contributed by atoms with Gasteiger partial charge >= 0.3 is 0 Å². The molecule has 1 aliphatic heterocycles. The smallest absolute Gasteiger partial charge is 0.107 e. The second kappa shape index (κ2) is 3.93. The molecule has 0 aliphatic carbocycles. The number of hydrogen-bond acceptors (Lipinski definition) is 3. The summed E-state index contributed by atoms with van der Waals surface area (Å²) in [6.07, 6.45) is 1.19. The summed E-state index contributed by atoms with van der Waals surface area (Å²) in [5, 5.41) is 19.7. The minimum Gasteiger partial charge on any atom is -0.390 e. The predicted octanol–water partition coefficient (Wildman–Crippen LogP) is 1.57. The van der Waals surface area contributed by atoms with Crippen LogP contribution in [0.2, 0.25) is 0 Å². The van der Waals surface area contributed by atoms with Crippen molar-refractivity contribution in [2.45, 2.75) is 50.6 Å². The van der Waals surface area contributed by atoms with Crippen LogP contribution in [0, 0.1) is 0 Å². The van der Waals surface area contributed by atoms with Crippen LogP contribution in [0.3, 0.4) is 0 Å². The average molecular weight is 265 g/mol. The van der Waals surface area contributed by atoms with Gasteiger partial charge in [-0.1, -0.05) is 15.9 Å². The monoisotopic (exact) mass is 264 g/mol. The van der Waals surface area contributed by atoms with Crippen molar-refractivity contribution >= 4 is 15.9 Å². The van der Waals surface area contributed by atoms with Crippen LogP contribution in [0.5, 0.6) is 0 Å². The van der Waals surface area contributed by atoms with Crippen molar-refractivity contribution in [3.05, 3.63) is 11.1 Å². The predicted molar refractivity (Wildman–Crippen MR) is 58.3 cm³/mol. The van der Waals surface area contributed by atoms with Crippen LogP contribution in [0.4, 0.5) is 0 Å². The Labute approximate surface area is 92.9 Å². The highest BCUT2D eigenvalue weighted by molar-refractivity contribution is 9.11. The highest BCUT2D eigenvalue weighted by Crippen LogP contribution is 2.35. The minimum absolute atomic E-state index is 0.360. The molecule has 82 valence electrons. The third-order valence-corrected chi connectivity index (χ3v) is 3.00. The molecule has 0 bridgehead atoms. The zero-order valence-corrected chi connectivity index (χ0v) is 10.3. The maximum Gasteiger partial charge on any atom is 0.107 e. The fourth-order valence-corrected chi connectivity index (χ4v) is 2.11.